The van der Waals surface area contributed by atoms with Crippen LogP contribution in [0.2, 0.25) is 0 Å². The predicted octanol–water partition coefficient (Wildman–Crippen LogP) is 3.33. The number of thiazole rings is 1. The molecule has 0 saturated heterocycles. The van der Waals surface area contributed by atoms with Gasteiger partial charge in [-0.15, -0.1) is 11.3 Å². The number of benzene rings is 1. The van der Waals surface area contributed by atoms with Gasteiger partial charge in [-0.05, 0) is 6.07 Å². The lowest BCUT2D eigenvalue weighted by molar-refractivity contribution is 0.0698. The summed E-state index contributed by atoms with van der Waals surface area (Å²) in [4.78, 5) is 19.4. The van der Waals surface area contributed by atoms with Gasteiger partial charge in [0.15, 0.2) is 0 Å². The quantitative estimate of drug-likeness (QED) is 0.787. The fraction of sp³-hybridized carbons (Fsp3) is 0. The fourth-order valence-electron chi connectivity index (χ4n) is 1.91. The summed E-state index contributed by atoms with van der Waals surface area (Å²) in [5.41, 5.74) is -0.0415. The molecule has 3 aromatic rings. The zero-order chi connectivity index (χ0) is 14.3. The third kappa shape index (κ3) is 2.01. The van der Waals surface area contributed by atoms with Gasteiger partial charge in [0.25, 0.3) is 0 Å². The standard InChI is InChI=1S/C13H6F2N2O2S/c14-6-3-8(15)11-7(13(18)19)5-10(17-9(11)4-6)12-16-1-2-20-12/h1-5H,(H,18,19). The first kappa shape index (κ1) is 12.6. The SMILES string of the molecule is O=C(O)c1cc(-c2nccs2)nc2cc(F)cc(F)c12. The van der Waals surface area contributed by atoms with Crippen molar-refractivity contribution in [1.82, 2.24) is 9.97 Å². The van der Waals surface area contributed by atoms with Crippen molar-refractivity contribution in [2.75, 3.05) is 0 Å². The van der Waals surface area contributed by atoms with Crippen molar-refractivity contribution in [3.8, 4) is 10.7 Å². The van der Waals surface area contributed by atoms with E-state index in [4.69, 9.17) is 0 Å². The number of nitrogens with zero attached hydrogens (tertiary/aromatic N) is 2. The number of aromatic nitrogens is 2. The average Bonchev–Trinajstić information content (AvgIpc) is 2.90. The maximum atomic E-state index is 13.8. The molecule has 100 valence electrons. The van der Waals surface area contributed by atoms with Gasteiger partial charge in [-0.2, -0.15) is 0 Å². The zero-order valence-corrected chi connectivity index (χ0v) is 10.6. The van der Waals surface area contributed by atoms with Gasteiger partial charge in [0.05, 0.1) is 16.5 Å². The van der Waals surface area contributed by atoms with E-state index in [1.165, 1.54) is 17.4 Å². The fourth-order valence-corrected chi connectivity index (χ4v) is 2.51. The van der Waals surface area contributed by atoms with Gasteiger partial charge in [-0.3, -0.25) is 0 Å². The second-order valence-corrected chi connectivity index (χ2v) is 4.87. The first-order chi connectivity index (χ1) is 9.56. The van der Waals surface area contributed by atoms with Crippen LogP contribution in [0.15, 0.2) is 29.8 Å². The molecule has 0 aliphatic carbocycles. The van der Waals surface area contributed by atoms with Crippen LogP contribution < -0.4 is 0 Å². The first-order valence-corrected chi connectivity index (χ1v) is 6.37. The minimum atomic E-state index is -1.30. The molecule has 0 amide bonds. The van der Waals surface area contributed by atoms with Gasteiger partial charge in [-0.25, -0.2) is 23.5 Å². The second kappa shape index (κ2) is 4.61. The number of rotatable bonds is 2. The number of hydrogen-bond acceptors (Lipinski definition) is 4. The smallest absolute Gasteiger partial charge is 0.336 e. The Morgan fingerprint density at radius 3 is 2.70 bits per heavy atom. The Bertz CT molecular complexity index is 819. The lowest BCUT2D eigenvalue weighted by Gasteiger charge is -2.06. The van der Waals surface area contributed by atoms with Crippen LogP contribution in [0, 0.1) is 11.6 Å². The van der Waals surface area contributed by atoms with Gasteiger partial charge in [-0.1, -0.05) is 0 Å². The Hall–Kier alpha value is -2.41. The third-order valence-corrected chi connectivity index (χ3v) is 3.50. The minimum Gasteiger partial charge on any atom is -0.478 e. The molecule has 0 aliphatic rings. The van der Waals surface area contributed by atoms with Crippen LogP contribution in [0.4, 0.5) is 8.78 Å². The van der Waals surface area contributed by atoms with Gasteiger partial charge in [0, 0.05) is 23.7 Å². The lowest BCUT2D eigenvalue weighted by atomic mass is 10.1. The maximum Gasteiger partial charge on any atom is 0.336 e. The molecule has 0 aliphatic heterocycles. The Morgan fingerprint density at radius 2 is 2.05 bits per heavy atom. The Balaban J connectivity index is 2.40. The Kier molecular flexibility index (Phi) is 2.90. The van der Waals surface area contributed by atoms with E-state index in [1.807, 2.05) is 0 Å². The molecule has 0 saturated carbocycles. The minimum absolute atomic E-state index is 0.0485. The molecule has 0 radical (unpaired) electrons. The van der Waals surface area contributed by atoms with Gasteiger partial charge >= 0.3 is 5.97 Å². The number of carboxylic acids is 1. The molecule has 20 heavy (non-hydrogen) atoms. The third-order valence-electron chi connectivity index (χ3n) is 2.71. The summed E-state index contributed by atoms with van der Waals surface area (Å²) in [5.74, 6) is -3.06. The van der Waals surface area contributed by atoms with E-state index >= 15 is 0 Å². The number of fused-ring (bicyclic) bond motifs is 1. The summed E-state index contributed by atoms with van der Waals surface area (Å²) in [6.07, 6.45) is 1.54. The maximum absolute atomic E-state index is 13.8. The number of carbonyl (C=O) groups is 1. The van der Waals surface area contributed by atoms with E-state index in [0.29, 0.717) is 11.1 Å². The van der Waals surface area contributed by atoms with Crippen molar-refractivity contribution in [2.24, 2.45) is 0 Å². The number of halogens is 2. The summed E-state index contributed by atoms with van der Waals surface area (Å²) < 4.78 is 27.0. The molecule has 3 rings (SSSR count). The molecule has 0 bridgehead atoms. The van der Waals surface area contributed by atoms with Crippen LogP contribution in [0.1, 0.15) is 10.4 Å². The molecule has 7 heteroatoms. The highest BCUT2D eigenvalue weighted by Crippen LogP contribution is 2.28. The number of hydrogen-bond donors (Lipinski definition) is 1. The highest BCUT2D eigenvalue weighted by Gasteiger charge is 2.18. The first-order valence-electron chi connectivity index (χ1n) is 5.49. The van der Waals surface area contributed by atoms with Crippen molar-refractivity contribution >= 4 is 28.2 Å². The van der Waals surface area contributed by atoms with Gasteiger partial charge in [0.1, 0.15) is 22.3 Å². The summed E-state index contributed by atoms with van der Waals surface area (Å²) >= 11 is 1.26. The largest absolute Gasteiger partial charge is 0.478 e. The summed E-state index contributed by atoms with van der Waals surface area (Å²) in [6.45, 7) is 0. The van der Waals surface area contributed by atoms with Gasteiger partial charge in [0.2, 0.25) is 0 Å². The molecule has 4 nitrogen and oxygen atoms in total. The van der Waals surface area contributed by atoms with Crippen LogP contribution in [0.3, 0.4) is 0 Å². The molecule has 1 aromatic carbocycles. The van der Waals surface area contributed by atoms with E-state index in [9.17, 15) is 18.7 Å². The molecule has 2 aromatic heterocycles. The molecule has 0 fully saturated rings. The predicted molar refractivity (Wildman–Crippen MR) is 69.7 cm³/mol. The molecule has 0 atom stereocenters. The number of aromatic carboxylic acids is 1. The summed E-state index contributed by atoms with van der Waals surface area (Å²) in [6, 6.07) is 2.88. The second-order valence-electron chi connectivity index (χ2n) is 3.98. The number of carboxylic acid groups (broad SMARTS) is 1. The monoisotopic (exact) mass is 292 g/mol. The van der Waals surface area contributed by atoms with Crippen LogP contribution >= 0.6 is 11.3 Å². The molecular formula is C13H6F2N2O2S. The highest BCUT2D eigenvalue weighted by atomic mass is 32.1. The van der Waals surface area contributed by atoms with E-state index in [-0.39, 0.29) is 22.2 Å². The van der Waals surface area contributed by atoms with Crippen LogP contribution in [-0.4, -0.2) is 21.0 Å². The van der Waals surface area contributed by atoms with E-state index in [0.717, 1.165) is 6.07 Å². The number of pyridine rings is 1. The van der Waals surface area contributed by atoms with Crippen molar-refractivity contribution in [1.29, 1.82) is 0 Å². The molecule has 0 unspecified atom stereocenters. The normalized spacial score (nSPS) is 10.9. The van der Waals surface area contributed by atoms with Crippen molar-refractivity contribution in [2.45, 2.75) is 0 Å². The summed E-state index contributed by atoms with van der Waals surface area (Å²) in [7, 11) is 0. The van der Waals surface area contributed by atoms with Crippen LogP contribution in [0.25, 0.3) is 21.6 Å². The van der Waals surface area contributed by atoms with Crippen LogP contribution in [-0.2, 0) is 0 Å². The van der Waals surface area contributed by atoms with E-state index in [1.54, 1.807) is 11.6 Å². The Labute approximate surface area is 115 Å². The highest BCUT2D eigenvalue weighted by molar-refractivity contribution is 7.13. The average molecular weight is 292 g/mol. The molecule has 1 N–H and O–H groups in total. The van der Waals surface area contributed by atoms with E-state index in [2.05, 4.69) is 9.97 Å². The topological polar surface area (TPSA) is 63.1 Å². The van der Waals surface area contributed by atoms with Crippen LogP contribution in [0.5, 0.6) is 0 Å². The molecule has 0 spiro atoms. The van der Waals surface area contributed by atoms with Gasteiger partial charge < -0.3 is 5.11 Å². The molecular weight excluding hydrogens is 286 g/mol. The van der Waals surface area contributed by atoms with E-state index < -0.39 is 17.6 Å². The van der Waals surface area contributed by atoms with Crippen molar-refractivity contribution in [3.05, 3.63) is 47.0 Å². The molecule has 2 heterocycles. The lowest BCUT2D eigenvalue weighted by Crippen LogP contribution is -2.02. The Morgan fingerprint density at radius 1 is 1.25 bits per heavy atom. The zero-order valence-electron chi connectivity index (χ0n) is 9.80. The van der Waals surface area contributed by atoms with Crippen molar-refractivity contribution < 1.29 is 18.7 Å². The summed E-state index contributed by atoms with van der Waals surface area (Å²) in [5, 5.41) is 11.2. The van der Waals surface area contributed by atoms with Crippen molar-refractivity contribution in [3.63, 3.8) is 0 Å².